The number of ether oxygens (including phenoxy) is 1. The first-order chi connectivity index (χ1) is 10.5. The average molecular weight is 299 g/mol. The number of aliphatic hydroxyl groups excluding tert-OH is 1. The van der Waals surface area contributed by atoms with Crippen LogP contribution in [-0.4, -0.2) is 30.3 Å². The van der Waals surface area contributed by atoms with Gasteiger partial charge in [-0.15, -0.1) is 12.3 Å². The fourth-order valence-electron chi connectivity index (χ4n) is 2.75. The maximum atomic E-state index is 12.4. The second kappa shape index (κ2) is 6.65. The molecule has 1 heterocycles. The monoisotopic (exact) mass is 299 g/mol. The number of methoxy groups -OCH3 is 1. The van der Waals surface area contributed by atoms with Crippen LogP contribution in [0.4, 0.5) is 5.69 Å². The summed E-state index contributed by atoms with van der Waals surface area (Å²) in [6, 6.07) is 6.89. The van der Waals surface area contributed by atoms with Crippen molar-refractivity contribution < 1.29 is 14.6 Å². The molecule has 0 saturated carbocycles. The fourth-order valence-corrected chi connectivity index (χ4v) is 2.75. The predicted molar refractivity (Wildman–Crippen MR) is 86.9 cm³/mol. The van der Waals surface area contributed by atoms with E-state index in [1.165, 1.54) is 0 Å². The van der Waals surface area contributed by atoms with E-state index in [2.05, 4.69) is 18.9 Å². The first-order valence-corrected chi connectivity index (χ1v) is 7.17. The summed E-state index contributed by atoms with van der Waals surface area (Å²) in [5.41, 5.74) is 4.09. The molecule has 1 aromatic carbocycles. The van der Waals surface area contributed by atoms with Gasteiger partial charge >= 0.3 is 0 Å². The number of hydrogen-bond donors (Lipinski definition) is 1. The Morgan fingerprint density at radius 2 is 2.14 bits per heavy atom. The summed E-state index contributed by atoms with van der Waals surface area (Å²) < 4.78 is 5.13. The topological polar surface area (TPSA) is 49.8 Å². The third kappa shape index (κ3) is 2.71. The van der Waals surface area contributed by atoms with Gasteiger partial charge in [-0.05, 0) is 43.2 Å². The highest BCUT2D eigenvalue weighted by atomic mass is 16.5. The quantitative estimate of drug-likeness (QED) is 0.499. The fraction of sp³-hybridized carbons (Fsp3) is 0.333. The third-order valence-corrected chi connectivity index (χ3v) is 4.08. The van der Waals surface area contributed by atoms with Crippen LogP contribution in [0.15, 0.2) is 54.8 Å². The molecule has 2 rings (SSSR count). The molecule has 0 aliphatic carbocycles. The summed E-state index contributed by atoms with van der Waals surface area (Å²) in [4.78, 5) is 14.0. The van der Waals surface area contributed by atoms with Crippen molar-refractivity contribution in [1.29, 1.82) is 0 Å². The number of amides is 1. The number of rotatable bonds is 6. The van der Waals surface area contributed by atoms with Gasteiger partial charge in [-0.3, -0.25) is 4.79 Å². The summed E-state index contributed by atoms with van der Waals surface area (Å²) in [5, 5.41) is 10.5. The molecule has 1 amide bonds. The molecule has 0 bridgehead atoms. The van der Waals surface area contributed by atoms with Crippen molar-refractivity contribution in [3.05, 3.63) is 54.8 Å². The van der Waals surface area contributed by atoms with Gasteiger partial charge in [0.2, 0.25) is 5.91 Å². The number of allylic oxidation sites excluding steroid dienone is 1. The van der Waals surface area contributed by atoms with Gasteiger partial charge in [0.05, 0.1) is 19.1 Å². The maximum Gasteiger partial charge on any atom is 0.233 e. The second-order valence-corrected chi connectivity index (χ2v) is 5.33. The molecule has 1 fully saturated rings. The van der Waals surface area contributed by atoms with E-state index in [0.29, 0.717) is 12.0 Å². The molecule has 4 nitrogen and oxygen atoms in total. The highest BCUT2D eigenvalue weighted by Crippen LogP contribution is 2.38. The Kier molecular flexibility index (Phi) is 4.86. The Morgan fingerprint density at radius 1 is 1.50 bits per heavy atom. The van der Waals surface area contributed by atoms with E-state index < -0.39 is 6.10 Å². The zero-order valence-corrected chi connectivity index (χ0v) is 13.0. The van der Waals surface area contributed by atoms with Gasteiger partial charge in [-0.1, -0.05) is 12.7 Å². The zero-order valence-electron chi connectivity index (χ0n) is 13.0. The molecule has 1 aliphatic rings. The molecular weight excluding hydrogens is 278 g/mol. The lowest BCUT2D eigenvalue weighted by Crippen LogP contribution is -2.66. The first-order valence-electron chi connectivity index (χ1n) is 7.17. The van der Waals surface area contributed by atoms with Gasteiger partial charge in [-0.2, -0.15) is 0 Å². The van der Waals surface area contributed by atoms with Crippen molar-refractivity contribution in [2.45, 2.75) is 25.5 Å². The van der Waals surface area contributed by atoms with E-state index in [9.17, 15) is 9.90 Å². The van der Waals surface area contributed by atoms with Crippen LogP contribution in [0.1, 0.15) is 13.3 Å². The minimum absolute atomic E-state index is 0.00835. The van der Waals surface area contributed by atoms with Crippen molar-refractivity contribution in [1.82, 2.24) is 0 Å². The van der Waals surface area contributed by atoms with E-state index in [0.717, 1.165) is 11.4 Å². The van der Waals surface area contributed by atoms with Gasteiger partial charge in [-0.25, -0.2) is 0 Å². The number of carbonyl (C=O) groups is 1. The van der Waals surface area contributed by atoms with Crippen LogP contribution < -0.4 is 9.64 Å². The van der Waals surface area contributed by atoms with Crippen LogP contribution in [0.5, 0.6) is 5.75 Å². The van der Waals surface area contributed by atoms with E-state index in [-0.39, 0.29) is 17.9 Å². The molecule has 1 N–H and O–H groups in total. The van der Waals surface area contributed by atoms with Crippen LogP contribution in [0.25, 0.3) is 0 Å². The van der Waals surface area contributed by atoms with E-state index in [4.69, 9.17) is 4.74 Å². The van der Waals surface area contributed by atoms with Gasteiger partial charge < -0.3 is 14.7 Å². The lowest BCUT2D eigenvalue weighted by molar-refractivity contribution is -0.132. The Bertz CT molecular complexity index is 614. The first kappa shape index (κ1) is 16.1. The molecule has 22 heavy (non-hydrogen) atoms. The predicted octanol–water partition coefficient (Wildman–Crippen LogP) is 2.69. The Morgan fingerprint density at radius 3 is 2.64 bits per heavy atom. The average Bonchev–Trinajstić information content (AvgIpc) is 2.56. The van der Waals surface area contributed by atoms with Crippen LogP contribution in [0, 0.1) is 5.92 Å². The van der Waals surface area contributed by atoms with Crippen molar-refractivity contribution in [2.24, 2.45) is 5.92 Å². The number of hydrogen-bond acceptors (Lipinski definition) is 3. The molecule has 3 atom stereocenters. The van der Waals surface area contributed by atoms with Crippen molar-refractivity contribution in [3.63, 3.8) is 0 Å². The second-order valence-electron chi connectivity index (χ2n) is 5.33. The normalized spacial score (nSPS) is 21.6. The van der Waals surface area contributed by atoms with E-state index in [1.807, 2.05) is 12.1 Å². The molecule has 1 aliphatic heterocycles. The number of β-lactam (4-membered cyclic amide) rings is 1. The lowest BCUT2D eigenvalue weighted by atomic mass is 9.79. The maximum absolute atomic E-state index is 12.4. The number of carbonyl (C=O) groups excluding carboxylic acids is 1. The van der Waals surface area contributed by atoms with Crippen molar-refractivity contribution in [2.75, 3.05) is 12.0 Å². The standard InChI is InChI=1S/C18H21NO3/c1-5-7-15-16(17(20)12(3)6-2)19(18(15)21)13-8-10-14(22-4)11-9-13/h5,8-11,15-17,20H,1-2,7H2,3-4H3. The smallest absolute Gasteiger partial charge is 0.233 e. The number of benzene rings is 1. The zero-order chi connectivity index (χ0) is 16.3. The molecule has 116 valence electrons. The van der Waals surface area contributed by atoms with Gasteiger partial charge in [0.1, 0.15) is 11.9 Å². The summed E-state index contributed by atoms with van der Waals surface area (Å²) in [6.45, 7) is 9.02. The largest absolute Gasteiger partial charge is 0.497 e. The Balaban J connectivity index is 2.32. The van der Waals surface area contributed by atoms with E-state index >= 15 is 0 Å². The van der Waals surface area contributed by atoms with Crippen LogP contribution >= 0.6 is 0 Å². The van der Waals surface area contributed by atoms with Crippen LogP contribution in [0.2, 0.25) is 0 Å². The summed E-state index contributed by atoms with van der Waals surface area (Å²) >= 11 is 0. The highest BCUT2D eigenvalue weighted by Gasteiger charge is 2.50. The third-order valence-electron chi connectivity index (χ3n) is 4.08. The molecule has 0 radical (unpaired) electrons. The van der Waals surface area contributed by atoms with Gasteiger partial charge in [0.15, 0.2) is 0 Å². The van der Waals surface area contributed by atoms with Crippen molar-refractivity contribution in [3.8, 4) is 5.75 Å². The number of anilines is 1. The van der Waals surface area contributed by atoms with Crippen molar-refractivity contribution >= 4 is 11.6 Å². The molecular formula is C18H21NO3. The Labute approximate surface area is 131 Å². The Hall–Kier alpha value is -2.29. The number of aliphatic hydroxyl groups is 1. The molecule has 1 saturated heterocycles. The molecule has 0 spiro atoms. The molecule has 4 heteroatoms. The van der Waals surface area contributed by atoms with Crippen LogP contribution in [-0.2, 0) is 4.79 Å². The minimum Gasteiger partial charge on any atom is -0.497 e. The SMILES string of the molecule is C=C=C(C)C(O)C1C(CC=C)C(=O)N1c1ccc(OC)cc1. The molecule has 1 aromatic rings. The molecule has 3 unspecified atom stereocenters. The van der Waals surface area contributed by atoms with Crippen LogP contribution in [0.3, 0.4) is 0 Å². The highest BCUT2D eigenvalue weighted by molar-refractivity contribution is 6.03. The molecule has 0 aromatic heterocycles. The van der Waals surface area contributed by atoms with Gasteiger partial charge in [0.25, 0.3) is 0 Å². The van der Waals surface area contributed by atoms with E-state index in [1.54, 1.807) is 37.1 Å². The number of nitrogens with zero attached hydrogens (tertiary/aromatic N) is 1. The minimum atomic E-state index is -0.790. The summed E-state index contributed by atoms with van der Waals surface area (Å²) in [6.07, 6.45) is 1.46. The lowest BCUT2D eigenvalue weighted by Gasteiger charge is -2.49. The summed E-state index contributed by atoms with van der Waals surface area (Å²) in [5.74, 6) is 0.447. The van der Waals surface area contributed by atoms with Gasteiger partial charge in [0, 0.05) is 5.69 Å². The summed E-state index contributed by atoms with van der Waals surface area (Å²) in [7, 11) is 1.59.